The zero-order valence-corrected chi connectivity index (χ0v) is 13.4. The molecule has 25 heavy (non-hydrogen) atoms. The summed E-state index contributed by atoms with van der Waals surface area (Å²) in [6.07, 6.45) is -0.422. The Morgan fingerprint density at radius 2 is 1.56 bits per heavy atom. The molecule has 0 aliphatic rings. The van der Waals surface area contributed by atoms with E-state index in [1.54, 1.807) is 31.2 Å². The summed E-state index contributed by atoms with van der Waals surface area (Å²) < 4.78 is 5.61. The summed E-state index contributed by atoms with van der Waals surface area (Å²) in [6.45, 7) is 1.77. The molecule has 0 radical (unpaired) electrons. The normalized spacial score (nSPS) is 11.4. The minimum atomic E-state index is -1.29. The largest absolute Gasteiger partial charge is 0.481 e. The minimum absolute atomic E-state index is 0.0809. The number of carboxylic acid groups (broad SMARTS) is 2. The molecule has 1 atom stereocenters. The number of para-hydroxylation sites is 1. The van der Waals surface area contributed by atoms with E-state index in [-0.39, 0.29) is 16.8 Å². The van der Waals surface area contributed by atoms with Crippen LogP contribution in [0.5, 0.6) is 5.75 Å². The third-order valence-electron chi connectivity index (χ3n) is 3.38. The molecule has 7 heteroatoms. The van der Waals surface area contributed by atoms with Gasteiger partial charge in [-0.2, -0.15) is 0 Å². The van der Waals surface area contributed by atoms with Crippen molar-refractivity contribution in [2.24, 2.45) is 0 Å². The van der Waals surface area contributed by atoms with Crippen LogP contribution in [0, 0.1) is 0 Å². The van der Waals surface area contributed by atoms with Crippen LogP contribution in [0.15, 0.2) is 48.5 Å². The second-order valence-electron chi connectivity index (χ2n) is 5.23. The molecule has 0 aliphatic carbocycles. The Balaban J connectivity index is 2.20. The van der Waals surface area contributed by atoms with Crippen molar-refractivity contribution in [1.29, 1.82) is 0 Å². The molecule has 0 fully saturated rings. The molecule has 3 N–H and O–H groups in total. The van der Waals surface area contributed by atoms with Gasteiger partial charge < -0.3 is 20.3 Å². The fraction of sp³-hybridized carbons (Fsp3) is 0.167. The smallest absolute Gasteiger partial charge is 0.335 e. The summed E-state index contributed by atoms with van der Waals surface area (Å²) in [5, 5.41) is 20.7. The average Bonchev–Trinajstić information content (AvgIpc) is 2.60. The number of anilines is 1. The van der Waals surface area contributed by atoms with Crippen molar-refractivity contribution >= 4 is 23.5 Å². The van der Waals surface area contributed by atoms with Crippen molar-refractivity contribution in [3.8, 4) is 5.75 Å². The number of amides is 1. The van der Waals surface area contributed by atoms with Gasteiger partial charge in [-0.3, -0.25) is 4.79 Å². The predicted octanol–water partition coefficient (Wildman–Crippen LogP) is 2.88. The molecular weight excluding hydrogens is 326 g/mol. The van der Waals surface area contributed by atoms with E-state index in [1.165, 1.54) is 12.1 Å². The fourth-order valence-electron chi connectivity index (χ4n) is 2.16. The zero-order valence-electron chi connectivity index (χ0n) is 13.4. The second-order valence-corrected chi connectivity index (χ2v) is 5.23. The standard InChI is InChI=1S/C18H17NO6/c1-2-15(25-14-6-4-3-5-7-14)16(20)19-13-9-11(17(21)22)8-12(10-13)18(23)24/h3-10,15H,2H2,1H3,(H,19,20)(H,21,22)(H,23,24). The summed E-state index contributed by atoms with van der Waals surface area (Å²) in [7, 11) is 0. The number of rotatable bonds is 7. The van der Waals surface area contributed by atoms with Gasteiger partial charge in [0.15, 0.2) is 6.10 Å². The maximum atomic E-state index is 12.4. The molecule has 2 rings (SSSR count). The van der Waals surface area contributed by atoms with E-state index in [1.807, 2.05) is 6.07 Å². The Hall–Kier alpha value is -3.35. The first-order chi connectivity index (χ1) is 11.9. The van der Waals surface area contributed by atoms with Gasteiger partial charge in [0.2, 0.25) is 0 Å². The number of benzene rings is 2. The molecule has 7 nitrogen and oxygen atoms in total. The van der Waals surface area contributed by atoms with Gasteiger partial charge in [-0.05, 0) is 36.8 Å². The molecule has 0 aliphatic heterocycles. The molecular formula is C18H17NO6. The zero-order chi connectivity index (χ0) is 18.4. The SMILES string of the molecule is CCC(Oc1ccccc1)C(=O)Nc1cc(C(=O)O)cc(C(=O)O)c1. The first-order valence-corrected chi connectivity index (χ1v) is 7.55. The third kappa shape index (κ3) is 4.81. The Bertz CT molecular complexity index is 755. The number of carboxylic acids is 2. The molecule has 1 unspecified atom stereocenters. The maximum absolute atomic E-state index is 12.4. The molecule has 0 saturated carbocycles. The maximum Gasteiger partial charge on any atom is 0.335 e. The van der Waals surface area contributed by atoms with E-state index in [0.717, 1.165) is 6.07 Å². The van der Waals surface area contributed by atoms with Crippen LogP contribution in [0.1, 0.15) is 34.1 Å². The van der Waals surface area contributed by atoms with Gasteiger partial charge in [-0.1, -0.05) is 25.1 Å². The fourth-order valence-corrected chi connectivity index (χ4v) is 2.16. The number of hydrogen-bond donors (Lipinski definition) is 3. The van der Waals surface area contributed by atoms with Crippen LogP contribution >= 0.6 is 0 Å². The van der Waals surface area contributed by atoms with Crippen molar-refractivity contribution in [1.82, 2.24) is 0 Å². The van der Waals surface area contributed by atoms with E-state index in [4.69, 9.17) is 14.9 Å². The summed E-state index contributed by atoms with van der Waals surface area (Å²) in [5.41, 5.74) is -0.378. The van der Waals surface area contributed by atoms with E-state index >= 15 is 0 Å². The Morgan fingerprint density at radius 3 is 2.04 bits per heavy atom. The van der Waals surface area contributed by atoms with Crippen LogP contribution in [-0.4, -0.2) is 34.2 Å². The van der Waals surface area contributed by atoms with Gasteiger partial charge >= 0.3 is 11.9 Å². The highest BCUT2D eigenvalue weighted by Gasteiger charge is 2.20. The van der Waals surface area contributed by atoms with Crippen LogP contribution in [-0.2, 0) is 4.79 Å². The number of aromatic carboxylic acids is 2. The van der Waals surface area contributed by atoms with E-state index < -0.39 is 23.9 Å². The lowest BCUT2D eigenvalue weighted by molar-refractivity contribution is -0.122. The summed E-state index contributed by atoms with van der Waals surface area (Å²) in [6, 6.07) is 12.2. The highest BCUT2D eigenvalue weighted by atomic mass is 16.5. The molecule has 0 spiro atoms. The van der Waals surface area contributed by atoms with Gasteiger partial charge in [0.05, 0.1) is 11.1 Å². The van der Waals surface area contributed by atoms with Gasteiger partial charge in [-0.25, -0.2) is 9.59 Å². The van der Waals surface area contributed by atoms with E-state index in [9.17, 15) is 14.4 Å². The van der Waals surface area contributed by atoms with Gasteiger partial charge in [0, 0.05) is 5.69 Å². The summed E-state index contributed by atoms with van der Waals surface area (Å²) in [4.78, 5) is 34.6. The quantitative estimate of drug-likeness (QED) is 0.712. The molecule has 130 valence electrons. The van der Waals surface area contributed by atoms with Crippen molar-refractivity contribution in [3.05, 3.63) is 59.7 Å². The van der Waals surface area contributed by atoms with Crippen molar-refractivity contribution in [2.75, 3.05) is 5.32 Å². The molecule has 0 heterocycles. The van der Waals surface area contributed by atoms with Crippen LogP contribution in [0.4, 0.5) is 5.69 Å². The second kappa shape index (κ2) is 7.96. The predicted molar refractivity (Wildman–Crippen MR) is 90.1 cm³/mol. The Morgan fingerprint density at radius 1 is 1.00 bits per heavy atom. The lowest BCUT2D eigenvalue weighted by Crippen LogP contribution is -2.32. The summed E-state index contributed by atoms with van der Waals surface area (Å²) in [5.74, 6) is -2.54. The van der Waals surface area contributed by atoms with E-state index in [0.29, 0.717) is 12.2 Å². The highest BCUT2D eigenvalue weighted by Crippen LogP contribution is 2.18. The number of carbonyl (C=O) groups excluding carboxylic acids is 1. The van der Waals surface area contributed by atoms with Crippen LogP contribution in [0.3, 0.4) is 0 Å². The lowest BCUT2D eigenvalue weighted by atomic mass is 10.1. The van der Waals surface area contributed by atoms with Crippen molar-refractivity contribution < 1.29 is 29.3 Å². The lowest BCUT2D eigenvalue weighted by Gasteiger charge is -2.17. The monoisotopic (exact) mass is 343 g/mol. The van der Waals surface area contributed by atoms with Crippen LogP contribution in [0.2, 0.25) is 0 Å². The van der Waals surface area contributed by atoms with E-state index in [2.05, 4.69) is 5.32 Å². The highest BCUT2D eigenvalue weighted by molar-refractivity contribution is 5.99. The number of nitrogens with one attached hydrogen (secondary N) is 1. The number of ether oxygens (including phenoxy) is 1. The number of hydrogen-bond acceptors (Lipinski definition) is 4. The molecule has 2 aromatic carbocycles. The van der Waals surface area contributed by atoms with Gasteiger partial charge in [-0.15, -0.1) is 0 Å². The van der Waals surface area contributed by atoms with Crippen molar-refractivity contribution in [2.45, 2.75) is 19.4 Å². The topological polar surface area (TPSA) is 113 Å². The molecule has 1 amide bonds. The van der Waals surface area contributed by atoms with Crippen molar-refractivity contribution in [3.63, 3.8) is 0 Å². The molecule has 0 aromatic heterocycles. The molecule has 0 bridgehead atoms. The van der Waals surface area contributed by atoms with Crippen LogP contribution in [0.25, 0.3) is 0 Å². The first-order valence-electron chi connectivity index (χ1n) is 7.55. The Labute approximate surface area is 143 Å². The van der Waals surface area contributed by atoms with Gasteiger partial charge in [0.25, 0.3) is 5.91 Å². The van der Waals surface area contributed by atoms with Gasteiger partial charge in [0.1, 0.15) is 5.75 Å². The average molecular weight is 343 g/mol. The minimum Gasteiger partial charge on any atom is -0.481 e. The number of carbonyl (C=O) groups is 3. The summed E-state index contributed by atoms with van der Waals surface area (Å²) >= 11 is 0. The van der Waals surface area contributed by atoms with Crippen LogP contribution < -0.4 is 10.1 Å². The first kappa shape index (κ1) is 18.0. The molecule has 0 saturated heterocycles. The molecule has 2 aromatic rings. The Kier molecular flexibility index (Phi) is 5.73. The third-order valence-corrected chi connectivity index (χ3v) is 3.38.